The number of benzene rings is 1. The number of carbonyl (C=O) groups excluding carboxylic acids is 1. The molecule has 1 amide bonds. The predicted octanol–water partition coefficient (Wildman–Crippen LogP) is 2.43. The maximum atomic E-state index is 13.9. The van der Waals surface area contributed by atoms with E-state index in [2.05, 4.69) is 10.6 Å². The Morgan fingerprint density at radius 2 is 2.18 bits per heavy atom. The van der Waals surface area contributed by atoms with Crippen LogP contribution in [-0.2, 0) is 4.79 Å². The lowest BCUT2D eigenvalue weighted by molar-refractivity contribution is -0.124. The standard InChI is InChI=1S/C14H17F3N2O2.ClH/c1-8(12-9(15)4-3-5-11(12)21-2)19-13(20)10-6-14(16,17)7-18-10;/h3-5,8,10,18H,6-7H2,1-2H3,(H,19,20);1H. The summed E-state index contributed by atoms with van der Waals surface area (Å²) in [4.78, 5) is 12.0. The van der Waals surface area contributed by atoms with Gasteiger partial charge >= 0.3 is 0 Å². The van der Waals surface area contributed by atoms with Crippen LogP contribution in [0.3, 0.4) is 0 Å². The first-order valence-electron chi connectivity index (χ1n) is 6.58. The Morgan fingerprint density at radius 1 is 1.50 bits per heavy atom. The number of halogens is 4. The SMILES string of the molecule is COc1cccc(F)c1C(C)NC(=O)C1CC(F)(F)CN1.Cl. The first kappa shape index (κ1) is 18.6. The number of ether oxygens (including phenoxy) is 1. The molecule has 2 atom stereocenters. The molecule has 0 bridgehead atoms. The molecule has 2 rings (SSSR count). The van der Waals surface area contributed by atoms with Crippen LogP contribution < -0.4 is 15.4 Å². The molecule has 124 valence electrons. The first-order valence-corrected chi connectivity index (χ1v) is 6.58. The molecule has 8 heteroatoms. The first-order chi connectivity index (χ1) is 9.84. The van der Waals surface area contributed by atoms with Crippen LogP contribution in [0.1, 0.15) is 24.9 Å². The molecule has 1 aromatic rings. The van der Waals surface area contributed by atoms with Crippen molar-refractivity contribution in [2.45, 2.75) is 31.4 Å². The van der Waals surface area contributed by atoms with Crippen molar-refractivity contribution < 1.29 is 22.7 Å². The summed E-state index contributed by atoms with van der Waals surface area (Å²) in [5, 5.41) is 5.00. The number of amides is 1. The van der Waals surface area contributed by atoms with Crippen molar-refractivity contribution in [3.63, 3.8) is 0 Å². The number of nitrogens with one attached hydrogen (secondary N) is 2. The van der Waals surface area contributed by atoms with Crippen molar-refractivity contribution in [3.8, 4) is 5.75 Å². The molecule has 22 heavy (non-hydrogen) atoms. The van der Waals surface area contributed by atoms with E-state index < -0.39 is 42.7 Å². The second-order valence-corrected chi connectivity index (χ2v) is 5.08. The van der Waals surface area contributed by atoms with Gasteiger partial charge in [-0.05, 0) is 19.1 Å². The Kier molecular flexibility index (Phi) is 6.08. The van der Waals surface area contributed by atoms with Crippen molar-refractivity contribution in [1.82, 2.24) is 10.6 Å². The Hall–Kier alpha value is -1.47. The zero-order chi connectivity index (χ0) is 15.6. The summed E-state index contributed by atoms with van der Waals surface area (Å²) in [6.45, 7) is 1.05. The van der Waals surface area contributed by atoms with Gasteiger partial charge in [-0.1, -0.05) is 6.07 Å². The average Bonchev–Trinajstić information content (AvgIpc) is 2.78. The van der Waals surface area contributed by atoms with Crippen molar-refractivity contribution in [3.05, 3.63) is 29.6 Å². The van der Waals surface area contributed by atoms with Gasteiger partial charge in [-0.15, -0.1) is 12.4 Å². The zero-order valence-electron chi connectivity index (χ0n) is 12.2. The maximum absolute atomic E-state index is 13.9. The van der Waals surface area contributed by atoms with Crippen molar-refractivity contribution in [2.24, 2.45) is 0 Å². The molecule has 1 aromatic carbocycles. The molecular formula is C14H18ClF3N2O2. The Bertz CT molecular complexity index is 543. The monoisotopic (exact) mass is 338 g/mol. The molecule has 1 aliphatic rings. The number of carbonyl (C=O) groups is 1. The summed E-state index contributed by atoms with van der Waals surface area (Å²) >= 11 is 0. The summed E-state index contributed by atoms with van der Waals surface area (Å²) in [6, 6.07) is 2.65. The van der Waals surface area contributed by atoms with Gasteiger partial charge in [0.25, 0.3) is 5.92 Å². The molecule has 0 saturated carbocycles. The molecule has 0 spiro atoms. The summed E-state index contributed by atoms with van der Waals surface area (Å²) in [6.07, 6.45) is -0.556. The van der Waals surface area contributed by atoms with Crippen LogP contribution >= 0.6 is 12.4 Å². The van der Waals surface area contributed by atoms with Crippen LogP contribution in [0.15, 0.2) is 18.2 Å². The van der Waals surface area contributed by atoms with Crippen molar-refractivity contribution in [1.29, 1.82) is 0 Å². The smallest absolute Gasteiger partial charge is 0.262 e. The van der Waals surface area contributed by atoms with Crippen LogP contribution in [-0.4, -0.2) is 31.5 Å². The molecule has 1 heterocycles. The number of methoxy groups -OCH3 is 1. The molecular weight excluding hydrogens is 321 g/mol. The van der Waals surface area contributed by atoms with Crippen LogP contribution in [0, 0.1) is 5.82 Å². The van der Waals surface area contributed by atoms with E-state index in [1.165, 1.54) is 19.2 Å². The highest BCUT2D eigenvalue weighted by Crippen LogP contribution is 2.29. The lowest BCUT2D eigenvalue weighted by atomic mass is 10.1. The average molecular weight is 339 g/mol. The third kappa shape index (κ3) is 4.04. The maximum Gasteiger partial charge on any atom is 0.262 e. The second kappa shape index (κ2) is 7.19. The topological polar surface area (TPSA) is 50.4 Å². The highest BCUT2D eigenvalue weighted by molar-refractivity contribution is 5.85. The second-order valence-electron chi connectivity index (χ2n) is 5.08. The molecule has 2 N–H and O–H groups in total. The normalized spacial score (nSPS) is 20.9. The quantitative estimate of drug-likeness (QED) is 0.886. The van der Waals surface area contributed by atoms with Gasteiger partial charge in [-0.25, -0.2) is 13.2 Å². The Balaban J connectivity index is 0.00000242. The van der Waals surface area contributed by atoms with E-state index in [4.69, 9.17) is 4.74 Å². The highest BCUT2D eigenvalue weighted by Gasteiger charge is 2.42. The summed E-state index contributed by atoms with van der Waals surface area (Å²) in [5.41, 5.74) is 0.193. The lowest BCUT2D eigenvalue weighted by Crippen LogP contribution is -2.41. The van der Waals surface area contributed by atoms with E-state index >= 15 is 0 Å². The van der Waals surface area contributed by atoms with Crippen LogP contribution in [0.25, 0.3) is 0 Å². The van der Waals surface area contributed by atoms with E-state index in [-0.39, 0.29) is 18.0 Å². The third-order valence-corrected chi connectivity index (χ3v) is 3.45. The third-order valence-electron chi connectivity index (χ3n) is 3.45. The summed E-state index contributed by atoms with van der Waals surface area (Å²) in [7, 11) is 1.39. The fourth-order valence-corrected chi connectivity index (χ4v) is 2.40. The minimum absolute atomic E-state index is 0. The predicted molar refractivity (Wildman–Crippen MR) is 78.1 cm³/mol. The molecule has 0 radical (unpaired) electrons. The van der Waals surface area contributed by atoms with Crippen molar-refractivity contribution >= 4 is 18.3 Å². The van der Waals surface area contributed by atoms with Gasteiger partial charge in [-0.2, -0.15) is 0 Å². The molecule has 2 unspecified atom stereocenters. The van der Waals surface area contributed by atoms with Crippen LogP contribution in [0.2, 0.25) is 0 Å². The van der Waals surface area contributed by atoms with Crippen molar-refractivity contribution in [2.75, 3.05) is 13.7 Å². The fraction of sp³-hybridized carbons (Fsp3) is 0.500. The highest BCUT2D eigenvalue weighted by atomic mass is 35.5. The minimum Gasteiger partial charge on any atom is -0.496 e. The fourth-order valence-electron chi connectivity index (χ4n) is 2.40. The molecule has 0 aliphatic carbocycles. The van der Waals surface area contributed by atoms with Gasteiger partial charge in [0, 0.05) is 6.42 Å². The van der Waals surface area contributed by atoms with Gasteiger partial charge in [0.15, 0.2) is 0 Å². The van der Waals surface area contributed by atoms with Gasteiger partial charge in [0.2, 0.25) is 5.91 Å². The number of hydrogen-bond acceptors (Lipinski definition) is 3. The summed E-state index contributed by atoms with van der Waals surface area (Å²) in [5.74, 6) is -3.69. The molecule has 1 fully saturated rings. The van der Waals surface area contributed by atoms with Gasteiger partial charge in [0.05, 0.1) is 31.3 Å². The van der Waals surface area contributed by atoms with Gasteiger partial charge in [0.1, 0.15) is 11.6 Å². The van der Waals surface area contributed by atoms with E-state index in [1.807, 2.05) is 0 Å². The van der Waals surface area contributed by atoms with Gasteiger partial charge < -0.3 is 10.1 Å². The number of rotatable bonds is 4. The van der Waals surface area contributed by atoms with Crippen LogP contribution in [0.4, 0.5) is 13.2 Å². The van der Waals surface area contributed by atoms with Crippen LogP contribution in [0.5, 0.6) is 5.75 Å². The van der Waals surface area contributed by atoms with E-state index in [0.29, 0.717) is 5.75 Å². The Morgan fingerprint density at radius 3 is 2.73 bits per heavy atom. The minimum atomic E-state index is -2.89. The van der Waals surface area contributed by atoms with E-state index in [9.17, 15) is 18.0 Å². The summed E-state index contributed by atoms with van der Waals surface area (Å²) < 4.78 is 45.1. The molecule has 4 nitrogen and oxygen atoms in total. The molecule has 1 aliphatic heterocycles. The van der Waals surface area contributed by atoms with E-state index in [0.717, 1.165) is 0 Å². The number of hydrogen-bond donors (Lipinski definition) is 2. The largest absolute Gasteiger partial charge is 0.496 e. The molecule has 0 aromatic heterocycles. The molecule has 1 saturated heterocycles. The van der Waals surface area contributed by atoms with Gasteiger partial charge in [-0.3, -0.25) is 10.1 Å². The lowest BCUT2D eigenvalue weighted by Gasteiger charge is -2.20. The zero-order valence-corrected chi connectivity index (χ0v) is 13.0. The Labute approximate surface area is 132 Å². The number of alkyl halides is 2. The van der Waals surface area contributed by atoms with E-state index in [1.54, 1.807) is 13.0 Å².